The monoisotopic (exact) mass is 187 g/mol. The lowest BCUT2D eigenvalue weighted by Crippen LogP contribution is -2.15. The molecule has 4 heteroatoms. The largest absolute Gasteiger partial charge is 0.496 e. The van der Waals surface area contributed by atoms with E-state index in [1.807, 2.05) is 11.4 Å². The number of nitrogens with two attached hydrogens (primary N) is 1. The summed E-state index contributed by atoms with van der Waals surface area (Å²) >= 11 is 1.59. The number of thiophene rings is 1. The Balaban J connectivity index is 2.71. The van der Waals surface area contributed by atoms with E-state index in [1.165, 1.54) is 0 Å². The molecule has 0 aliphatic heterocycles. The average Bonchev–Trinajstić information content (AvgIpc) is 2.51. The molecule has 0 spiro atoms. The van der Waals surface area contributed by atoms with Crippen LogP contribution >= 0.6 is 11.3 Å². The van der Waals surface area contributed by atoms with Gasteiger partial charge in [-0.25, -0.2) is 0 Å². The van der Waals surface area contributed by atoms with Crippen molar-refractivity contribution in [2.24, 2.45) is 5.73 Å². The van der Waals surface area contributed by atoms with Crippen molar-refractivity contribution in [3.05, 3.63) is 16.3 Å². The van der Waals surface area contributed by atoms with E-state index in [0.717, 1.165) is 10.6 Å². The highest BCUT2D eigenvalue weighted by atomic mass is 32.1. The van der Waals surface area contributed by atoms with Crippen LogP contribution in [0.3, 0.4) is 0 Å². The van der Waals surface area contributed by atoms with Crippen molar-refractivity contribution in [1.29, 1.82) is 0 Å². The van der Waals surface area contributed by atoms with Crippen molar-refractivity contribution in [2.75, 3.05) is 20.8 Å². The Labute approximate surface area is 76.1 Å². The van der Waals surface area contributed by atoms with Gasteiger partial charge in [-0.2, -0.15) is 0 Å². The Morgan fingerprint density at radius 2 is 2.33 bits per heavy atom. The van der Waals surface area contributed by atoms with Crippen molar-refractivity contribution < 1.29 is 9.47 Å². The van der Waals surface area contributed by atoms with Crippen LogP contribution in [0.1, 0.15) is 10.9 Å². The second-order valence-electron chi connectivity index (χ2n) is 2.42. The van der Waals surface area contributed by atoms with Crippen LogP contribution < -0.4 is 10.5 Å². The maximum atomic E-state index is 5.83. The molecule has 12 heavy (non-hydrogen) atoms. The van der Waals surface area contributed by atoms with Gasteiger partial charge in [-0.05, 0) is 11.4 Å². The van der Waals surface area contributed by atoms with Crippen LogP contribution in [0.4, 0.5) is 0 Å². The molecule has 0 amide bonds. The first-order valence-electron chi connectivity index (χ1n) is 3.65. The molecule has 68 valence electrons. The van der Waals surface area contributed by atoms with E-state index in [-0.39, 0.29) is 6.04 Å². The topological polar surface area (TPSA) is 44.5 Å². The molecule has 0 aliphatic carbocycles. The van der Waals surface area contributed by atoms with Gasteiger partial charge in [0, 0.05) is 7.11 Å². The molecule has 0 radical (unpaired) electrons. The molecule has 1 aromatic rings. The van der Waals surface area contributed by atoms with Crippen LogP contribution in [0.2, 0.25) is 0 Å². The number of ether oxygens (including phenoxy) is 2. The van der Waals surface area contributed by atoms with Gasteiger partial charge in [0.1, 0.15) is 5.75 Å². The van der Waals surface area contributed by atoms with Gasteiger partial charge in [-0.15, -0.1) is 11.3 Å². The van der Waals surface area contributed by atoms with Crippen molar-refractivity contribution in [2.45, 2.75) is 6.04 Å². The lowest BCUT2D eigenvalue weighted by Gasteiger charge is -2.09. The maximum absolute atomic E-state index is 5.83. The fourth-order valence-electron chi connectivity index (χ4n) is 1.00. The van der Waals surface area contributed by atoms with Crippen molar-refractivity contribution in [3.8, 4) is 5.75 Å². The molecule has 0 aliphatic rings. The van der Waals surface area contributed by atoms with E-state index in [4.69, 9.17) is 15.2 Å². The third-order valence-corrected chi connectivity index (χ3v) is 2.59. The molecule has 3 nitrogen and oxygen atoms in total. The number of rotatable bonds is 4. The Morgan fingerprint density at radius 1 is 1.58 bits per heavy atom. The van der Waals surface area contributed by atoms with Crippen LogP contribution in [0.15, 0.2) is 11.4 Å². The van der Waals surface area contributed by atoms with Crippen LogP contribution in [-0.2, 0) is 4.74 Å². The van der Waals surface area contributed by atoms with Crippen LogP contribution in [0, 0.1) is 0 Å². The number of hydrogen-bond acceptors (Lipinski definition) is 4. The predicted octanol–water partition coefficient (Wildman–Crippen LogP) is 1.40. The minimum atomic E-state index is -0.0788. The van der Waals surface area contributed by atoms with Crippen molar-refractivity contribution >= 4 is 11.3 Å². The minimum absolute atomic E-state index is 0.0788. The SMILES string of the molecule is COCC(N)c1sccc1OC. The molecule has 1 aromatic heterocycles. The molecule has 0 fully saturated rings. The minimum Gasteiger partial charge on any atom is -0.496 e. The van der Waals surface area contributed by atoms with Gasteiger partial charge in [0.05, 0.1) is 24.6 Å². The Hall–Kier alpha value is -0.580. The summed E-state index contributed by atoms with van der Waals surface area (Å²) in [5, 5.41) is 1.96. The molecule has 0 saturated heterocycles. The molecule has 1 unspecified atom stereocenters. The van der Waals surface area contributed by atoms with E-state index in [9.17, 15) is 0 Å². The summed E-state index contributed by atoms with van der Waals surface area (Å²) in [5.74, 6) is 0.851. The summed E-state index contributed by atoms with van der Waals surface area (Å²) in [4.78, 5) is 1.04. The van der Waals surface area contributed by atoms with E-state index in [2.05, 4.69) is 0 Å². The van der Waals surface area contributed by atoms with Gasteiger partial charge < -0.3 is 15.2 Å². The fourth-order valence-corrected chi connectivity index (χ4v) is 1.85. The molecule has 0 bridgehead atoms. The van der Waals surface area contributed by atoms with E-state index >= 15 is 0 Å². The lowest BCUT2D eigenvalue weighted by molar-refractivity contribution is 0.181. The first-order valence-corrected chi connectivity index (χ1v) is 4.53. The quantitative estimate of drug-likeness (QED) is 0.775. The van der Waals surface area contributed by atoms with Gasteiger partial charge in [0.25, 0.3) is 0 Å². The summed E-state index contributed by atoms with van der Waals surface area (Å²) in [6, 6.07) is 1.83. The van der Waals surface area contributed by atoms with E-state index in [1.54, 1.807) is 25.6 Å². The van der Waals surface area contributed by atoms with E-state index in [0.29, 0.717) is 6.61 Å². The molecule has 0 aromatic carbocycles. The predicted molar refractivity (Wildman–Crippen MR) is 49.7 cm³/mol. The number of hydrogen-bond donors (Lipinski definition) is 1. The summed E-state index contributed by atoms with van der Waals surface area (Å²) in [5.41, 5.74) is 5.83. The first-order chi connectivity index (χ1) is 5.79. The van der Waals surface area contributed by atoms with Crippen LogP contribution in [0.5, 0.6) is 5.75 Å². The standard InChI is InChI=1S/C8H13NO2S/c1-10-5-6(9)8-7(11-2)3-4-12-8/h3-4,6H,5,9H2,1-2H3. The third-order valence-electron chi connectivity index (χ3n) is 1.56. The molecular formula is C8H13NO2S. The normalized spacial score (nSPS) is 12.9. The molecule has 0 saturated carbocycles. The zero-order chi connectivity index (χ0) is 8.97. The molecular weight excluding hydrogens is 174 g/mol. The van der Waals surface area contributed by atoms with Gasteiger partial charge >= 0.3 is 0 Å². The van der Waals surface area contributed by atoms with Crippen LogP contribution in [0.25, 0.3) is 0 Å². The van der Waals surface area contributed by atoms with Gasteiger partial charge in [0.15, 0.2) is 0 Å². The summed E-state index contributed by atoms with van der Waals surface area (Å²) < 4.78 is 10.1. The van der Waals surface area contributed by atoms with Gasteiger partial charge in [-0.3, -0.25) is 0 Å². The third kappa shape index (κ3) is 1.97. The smallest absolute Gasteiger partial charge is 0.134 e. The summed E-state index contributed by atoms with van der Waals surface area (Å²) in [6.45, 7) is 0.525. The highest BCUT2D eigenvalue weighted by Gasteiger charge is 2.12. The number of methoxy groups -OCH3 is 2. The Morgan fingerprint density at radius 3 is 2.92 bits per heavy atom. The molecule has 2 N–H and O–H groups in total. The highest BCUT2D eigenvalue weighted by molar-refractivity contribution is 7.10. The molecule has 1 heterocycles. The average molecular weight is 187 g/mol. The first kappa shape index (κ1) is 9.51. The molecule has 1 atom stereocenters. The Bertz CT molecular complexity index is 237. The zero-order valence-electron chi connectivity index (χ0n) is 7.24. The molecule has 1 rings (SSSR count). The van der Waals surface area contributed by atoms with Crippen molar-refractivity contribution in [1.82, 2.24) is 0 Å². The van der Waals surface area contributed by atoms with Gasteiger partial charge in [-0.1, -0.05) is 0 Å². The maximum Gasteiger partial charge on any atom is 0.134 e. The summed E-state index contributed by atoms with van der Waals surface area (Å²) in [6.07, 6.45) is 0. The fraction of sp³-hybridized carbons (Fsp3) is 0.500. The van der Waals surface area contributed by atoms with E-state index < -0.39 is 0 Å². The Kier molecular flexibility index (Phi) is 3.52. The van der Waals surface area contributed by atoms with Crippen molar-refractivity contribution in [3.63, 3.8) is 0 Å². The second-order valence-corrected chi connectivity index (χ2v) is 3.36. The zero-order valence-corrected chi connectivity index (χ0v) is 8.06. The van der Waals surface area contributed by atoms with Gasteiger partial charge in [0.2, 0.25) is 0 Å². The summed E-state index contributed by atoms with van der Waals surface area (Å²) in [7, 11) is 3.28. The van der Waals surface area contributed by atoms with Crippen LogP contribution in [-0.4, -0.2) is 20.8 Å². The lowest BCUT2D eigenvalue weighted by atomic mass is 10.2. The second kappa shape index (κ2) is 4.45. The highest BCUT2D eigenvalue weighted by Crippen LogP contribution is 2.29.